The van der Waals surface area contributed by atoms with Gasteiger partial charge in [-0.1, -0.05) is 26.8 Å². The lowest BCUT2D eigenvalue weighted by atomic mass is 10.2. The summed E-state index contributed by atoms with van der Waals surface area (Å²) in [6.45, 7) is 7.47. The third-order valence-corrected chi connectivity index (χ3v) is 3.66. The Hall–Kier alpha value is -0.920. The summed E-state index contributed by atoms with van der Waals surface area (Å²) in [6, 6.07) is 0. The second-order valence-corrected chi connectivity index (χ2v) is 6.27. The SMILES string of the molecule is C=C(CCC)C(=O)[O-].CCC[N+](C)(C)S(=O)(=O)O. The number of carboxylic acid groups (broad SMARTS) is 1. The molecule has 0 rings (SSSR count). The van der Waals surface area contributed by atoms with Crippen LogP contribution in [0.2, 0.25) is 0 Å². The Labute approximate surface area is 109 Å². The molecule has 0 radical (unpaired) electrons. The van der Waals surface area contributed by atoms with Crippen molar-refractivity contribution in [2.75, 3.05) is 20.6 Å². The molecule has 18 heavy (non-hydrogen) atoms. The maximum Gasteiger partial charge on any atom is 0.432 e. The zero-order chi connectivity index (χ0) is 15.0. The molecule has 0 saturated heterocycles. The predicted octanol–water partition coefficient (Wildman–Crippen LogP) is 0.368. The number of carbonyl (C=O) groups is 1. The van der Waals surface area contributed by atoms with Gasteiger partial charge in [-0.15, -0.1) is 8.42 Å². The minimum Gasteiger partial charge on any atom is -0.545 e. The molecule has 0 aliphatic rings. The first-order chi connectivity index (χ1) is 7.99. The fourth-order valence-electron chi connectivity index (χ4n) is 1.06. The van der Waals surface area contributed by atoms with Crippen molar-refractivity contribution in [2.24, 2.45) is 0 Å². The van der Waals surface area contributed by atoms with E-state index in [0.717, 1.165) is 12.8 Å². The third kappa shape index (κ3) is 8.21. The van der Waals surface area contributed by atoms with E-state index in [1.54, 1.807) is 0 Å². The molecule has 108 valence electrons. The van der Waals surface area contributed by atoms with Crippen molar-refractivity contribution in [1.29, 1.82) is 0 Å². The zero-order valence-corrected chi connectivity index (χ0v) is 12.3. The highest BCUT2D eigenvalue weighted by atomic mass is 32.2. The summed E-state index contributed by atoms with van der Waals surface area (Å²) < 4.78 is 29.4. The van der Waals surface area contributed by atoms with Gasteiger partial charge in [0.25, 0.3) is 0 Å². The van der Waals surface area contributed by atoms with Crippen LogP contribution >= 0.6 is 0 Å². The zero-order valence-electron chi connectivity index (χ0n) is 11.5. The quantitative estimate of drug-likeness (QED) is 0.431. The third-order valence-electron chi connectivity index (χ3n) is 2.23. The first-order valence-electron chi connectivity index (χ1n) is 5.69. The number of carbonyl (C=O) groups excluding carboxylic acids is 1. The summed E-state index contributed by atoms with van der Waals surface area (Å²) in [5.41, 5.74) is 0.188. The minimum absolute atomic E-state index is 0.188. The normalized spacial score (nSPS) is 11.4. The predicted molar refractivity (Wildman–Crippen MR) is 67.9 cm³/mol. The van der Waals surface area contributed by atoms with Crippen LogP contribution in [0.15, 0.2) is 12.2 Å². The van der Waals surface area contributed by atoms with E-state index in [9.17, 15) is 18.3 Å². The van der Waals surface area contributed by atoms with Crippen LogP contribution in [-0.2, 0) is 15.1 Å². The largest absolute Gasteiger partial charge is 0.545 e. The summed E-state index contributed by atoms with van der Waals surface area (Å²) in [7, 11) is -1.01. The van der Waals surface area contributed by atoms with E-state index < -0.39 is 16.3 Å². The molecule has 0 amide bonds. The van der Waals surface area contributed by atoms with Gasteiger partial charge in [0, 0.05) is 0 Å². The van der Waals surface area contributed by atoms with Crippen molar-refractivity contribution in [3.63, 3.8) is 0 Å². The van der Waals surface area contributed by atoms with Gasteiger partial charge < -0.3 is 9.90 Å². The molecule has 0 aromatic carbocycles. The van der Waals surface area contributed by atoms with Crippen LogP contribution in [0.3, 0.4) is 0 Å². The van der Waals surface area contributed by atoms with Crippen molar-refractivity contribution in [1.82, 2.24) is 0 Å². The molecule has 0 unspecified atom stereocenters. The number of quaternary nitrogens is 1. The highest BCUT2D eigenvalue weighted by Gasteiger charge is 2.28. The standard InChI is InChI=1S/C6H10O2.C5H13NO3S/c1-3-4-5(2)6(7)8;1-4-5-6(2,3)10(7,8)9/h2-4H2,1H3,(H,7,8);4-5H2,1-3H3. The van der Waals surface area contributed by atoms with Gasteiger partial charge in [0.05, 0.1) is 26.6 Å². The average Bonchev–Trinajstić information content (AvgIpc) is 2.17. The van der Waals surface area contributed by atoms with Crippen molar-refractivity contribution in [2.45, 2.75) is 33.1 Å². The Morgan fingerprint density at radius 3 is 1.83 bits per heavy atom. The van der Waals surface area contributed by atoms with Crippen LogP contribution in [0.25, 0.3) is 0 Å². The number of nitrogens with zero attached hydrogens (tertiary/aromatic N) is 1. The van der Waals surface area contributed by atoms with Crippen LogP contribution < -0.4 is 5.11 Å². The summed E-state index contributed by atoms with van der Waals surface area (Å²) in [5.74, 6) is -1.13. The number of hydrogen-bond acceptors (Lipinski definition) is 4. The van der Waals surface area contributed by atoms with E-state index in [1.807, 2.05) is 13.8 Å². The van der Waals surface area contributed by atoms with E-state index >= 15 is 0 Å². The van der Waals surface area contributed by atoms with Gasteiger partial charge in [0.1, 0.15) is 0 Å². The van der Waals surface area contributed by atoms with E-state index in [4.69, 9.17) is 4.55 Å². The minimum atomic E-state index is -3.93. The van der Waals surface area contributed by atoms with Crippen molar-refractivity contribution < 1.29 is 26.8 Å². The number of hydrogen-bond donors (Lipinski definition) is 1. The molecule has 0 atom stereocenters. The maximum absolute atomic E-state index is 10.6. The maximum atomic E-state index is 10.6. The molecule has 0 aliphatic carbocycles. The van der Waals surface area contributed by atoms with Crippen molar-refractivity contribution >= 4 is 16.3 Å². The summed E-state index contributed by atoms with van der Waals surface area (Å²) >= 11 is 0. The number of aliphatic carboxylic acids is 1. The molecule has 0 aromatic heterocycles. The molecule has 0 aliphatic heterocycles. The second-order valence-electron chi connectivity index (χ2n) is 4.39. The van der Waals surface area contributed by atoms with Crippen molar-refractivity contribution in [3.05, 3.63) is 12.2 Å². The Morgan fingerprint density at radius 2 is 1.72 bits per heavy atom. The Balaban J connectivity index is 0. The van der Waals surface area contributed by atoms with Crippen molar-refractivity contribution in [3.8, 4) is 0 Å². The summed E-state index contributed by atoms with van der Waals surface area (Å²) in [6.07, 6.45) is 2.07. The van der Waals surface area contributed by atoms with Crippen LogP contribution in [0.5, 0.6) is 0 Å². The average molecular weight is 281 g/mol. The van der Waals surface area contributed by atoms with Gasteiger partial charge in [0.2, 0.25) is 0 Å². The molecule has 0 spiro atoms. The molecule has 0 fully saturated rings. The Bertz CT molecular complexity index is 373. The van der Waals surface area contributed by atoms with Gasteiger partial charge in [-0.3, -0.25) is 0 Å². The van der Waals surface area contributed by atoms with Gasteiger partial charge >= 0.3 is 10.3 Å². The van der Waals surface area contributed by atoms with E-state index in [2.05, 4.69) is 6.58 Å². The number of carboxylic acids is 1. The van der Waals surface area contributed by atoms with E-state index in [0.29, 0.717) is 13.0 Å². The summed E-state index contributed by atoms with van der Waals surface area (Å²) in [4.78, 5) is 9.88. The number of rotatable bonds is 6. The topological polar surface area (TPSA) is 94.5 Å². The second kappa shape index (κ2) is 8.23. The van der Waals surface area contributed by atoms with Crippen LogP contribution in [0.4, 0.5) is 0 Å². The molecular formula is C11H23NO5S. The fraction of sp³-hybridized carbons (Fsp3) is 0.727. The lowest BCUT2D eigenvalue weighted by Crippen LogP contribution is -2.45. The Morgan fingerprint density at radius 1 is 1.28 bits per heavy atom. The molecule has 0 bridgehead atoms. The van der Waals surface area contributed by atoms with Gasteiger partial charge in [-0.2, -0.15) is 3.89 Å². The monoisotopic (exact) mass is 281 g/mol. The molecule has 1 N–H and O–H groups in total. The molecule has 0 heterocycles. The lowest BCUT2D eigenvalue weighted by molar-refractivity contribution is -0.767. The van der Waals surface area contributed by atoms with E-state index in [-0.39, 0.29) is 9.46 Å². The molecular weight excluding hydrogens is 258 g/mol. The highest BCUT2D eigenvalue weighted by Crippen LogP contribution is 2.05. The first kappa shape index (κ1) is 19.4. The van der Waals surface area contributed by atoms with Gasteiger partial charge in [-0.25, -0.2) is 4.55 Å². The Kier molecular flexibility index (Phi) is 8.88. The van der Waals surface area contributed by atoms with Crippen LogP contribution in [0.1, 0.15) is 33.1 Å². The summed E-state index contributed by atoms with van der Waals surface area (Å²) in [5, 5.41) is 9.88. The van der Waals surface area contributed by atoms with Crippen LogP contribution in [-0.4, -0.2) is 43.5 Å². The van der Waals surface area contributed by atoms with Crippen LogP contribution in [0, 0.1) is 0 Å². The smallest absolute Gasteiger partial charge is 0.432 e. The van der Waals surface area contributed by atoms with Gasteiger partial charge in [-0.05, 0) is 18.4 Å². The molecule has 7 heteroatoms. The highest BCUT2D eigenvalue weighted by molar-refractivity contribution is 7.80. The van der Waals surface area contributed by atoms with E-state index in [1.165, 1.54) is 14.1 Å². The fourth-order valence-corrected chi connectivity index (χ4v) is 1.47. The lowest BCUT2D eigenvalue weighted by Gasteiger charge is -2.23. The molecule has 0 saturated carbocycles. The molecule has 0 aromatic rings. The molecule has 6 nitrogen and oxygen atoms in total. The first-order valence-corrected chi connectivity index (χ1v) is 7.09. The van der Waals surface area contributed by atoms with Gasteiger partial charge in [0.15, 0.2) is 0 Å².